The van der Waals surface area contributed by atoms with Crippen LogP contribution in [0.3, 0.4) is 0 Å². The maximum absolute atomic E-state index is 12.5. The summed E-state index contributed by atoms with van der Waals surface area (Å²) in [6.07, 6.45) is 0. The van der Waals surface area contributed by atoms with Crippen molar-refractivity contribution in [3.8, 4) is 5.69 Å². The summed E-state index contributed by atoms with van der Waals surface area (Å²) in [6.45, 7) is 6.85. The summed E-state index contributed by atoms with van der Waals surface area (Å²) < 4.78 is 30.0. The molecule has 0 radical (unpaired) electrons. The molecule has 0 atom stereocenters. The van der Waals surface area contributed by atoms with E-state index < -0.39 is 10.0 Å². The molecule has 32 heavy (non-hydrogen) atoms. The maximum atomic E-state index is 12.5. The smallest absolute Gasteiger partial charge is 0.242 e. The van der Waals surface area contributed by atoms with Gasteiger partial charge in [0.05, 0.1) is 27.4 Å². The number of fused-ring (bicyclic) bond motifs is 1. The summed E-state index contributed by atoms with van der Waals surface area (Å²) in [5, 5.41) is 12.9. The zero-order valence-corrected chi connectivity index (χ0v) is 20.3. The molecule has 4 aromatic rings. The highest BCUT2D eigenvalue weighted by atomic mass is 32.2. The van der Waals surface area contributed by atoms with Gasteiger partial charge in [-0.1, -0.05) is 29.5 Å². The van der Waals surface area contributed by atoms with E-state index in [0.29, 0.717) is 23.0 Å². The molecule has 2 aromatic carbocycles. The minimum atomic E-state index is -3.52. The van der Waals surface area contributed by atoms with Crippen molar-refractivity contribution in [2.45, 2.75) is 43.1 Å². The Morgan fingerprint density at radius 1 is 1.09 bits per heavy atom. The topological polar surface area (TPSA) is 98.8 Å². The molecule has 0 aliphatic carbocycles. The predicted molar refractivity (Wildman–Crippen MR) is 124 cm³/mol. The quantitative estimate of drug-likeness (QED) is 0.382. The highest BCUT2D eigenvalue weighted by Crippen LogP contribution is 2.27. The van der Waals surface area contributed by atoms with Gasteiger partial charge in [-0.15, -0.1) is 5.10 Å². The van der Waals surface area contributed by atoms with Crippen molar-refractivity contribution in [1.29, 1.82) is 0 Å². The fraction of sp³-hybridized carbons (Fsp3) is 0.333. The Bertz CT molecular complexity index is 1390. The molecule has 2 aromatic heterocycles. The van der Waals surface area contributed by atoms with E-state index >= 15 is 0 Å². The molecule has 0 N–H and O–H groups in total. The molecule has 2 heterocycles. The van der Waals surface area contributed by atoms with Crippen LogP contribution in [0.2, 0.25) is 0 Å². The number of aromatic nitrogens is 6. The summed E-state index contributed by atoms with van der Waals surface area (Å²) in [5.41, 5.74) is 4.76. The minimum absolute atomic E-state index is 0.230. The second-order valence-electron chi connectivity index (χ2n) is 7.66. The van der Waals surface area contributed by atoms with Gasteiger partial charge in [0, 0.05) is 20.6 Å². The van der Waals surface area contributed by atoms with Crippen molar-refractivity contribution >= 4 is 32.8 Å². The number of thioether (sulfide) groups is 1. The van der Waals surface area contributed by atoms with Crippen molar-refractivity contribution in [3.63, 3.8) is 0 Å². The first-order chi connectivity index (χ1) is 15.2. The van der Waals surface area contributed by atoms with Crippen LogP contribution >= 0.6 is 11.8 Å². The van der Waals surface area contributed by atoms with Gasteiger partial charge >= 0.3 is 0 Å². The summed E-state index contributed by atoms with van der Waals surface area (Å²) in [7, 11) is -0.481. The van der Waals surface area contributed by atoms with E-state index in [4.69, 9.17) is 4.98 Å². The Labute approximate surface area is 191 Å². The van der Waals surface area contributed by atoms with Crippen LogP contribution in [0, 0.1) is 13.8 Å². The van der Waals surface area contributed by atoms with E-state index in [2.05, 4.69) is 33.1 Å². The molecule has 0 amide bonds. The number of nitrogens with zero attached hydrogens (tertiary/aromatic N) is 7. The molecule has 11 heteroatoms. The van der Waals surface area contributed by atoms with Crippen molar-refractivity contribution in [2.75, 3.05) is 14.1 Å². The summed E-state index contributed by atoms with van der Waals surface area (Å²) in [5.74, 6) is 1.38. The lowest BCUT2D eigenvalue weighted by molar-refractivity contribution is 0.521. The predicted octanol–water partition coefficient (Wildman–Crippen LogP) is 3.19. The number of hydrogen-bond donors (Lipinski definition) is 0. The van der Waals surface area contributed by atoms with Gasteiger partial charge in [0.25, 0.3) is 0 Å². The summed E-state index contributed by atoms with van der Waals surface area (Å²) in [6, 6.07) is 11.2. The van der Waals surface area contributed by atoms with E-state index in [0.717, 1.165) is 22.6 Å². The van der Waals surface area contributed by atoms with Crippen LogP contribution in [0.15, 0.2) is 46.5 Å². The average molecular weight is 472 g/mol. The molecule has 0 bridgehead atoms. The first kappa shape index (κ1) is 22.4. The third-order valence-corrected chi connectivity index (χ3v) is 7.97. The third kappa shape index (κ3) is 4.03. The Balaban J connectivity index is 1.65. The van der Waals surface area contributed by atoms with Crippen molar-refractivity contribution < 1.29 is 8.42 Å². The normalized spacial score (nSPS) is 12.2. The zero-order chi connectivity index (χ0) is 23.0. The lowest BCUT2D eigenvalue weighted by Gasteiger charge is -2.11. The highest BCUT2D eigenvalue weighted by molar-refractivity contribution is 7.98. The first-order valence-electron chi connectivity index (χ1n) is 10.1. The SMILES string of the molecule is CCn1c(CSc2nnnn2-c2ccc(C)cc2C)nc2cc(S(=O)(=O)N(C)C)ccc21. The van der Waals surface area contributed by atoms with E-state index in [1.54, 1.807) is 16.8 Å². The maximum Gasteiger partial charge on any atom is 0.242 e. The summed E-state index contributed by atoms with van der Waals surface area (Å²) >= 11 is 1.49. The standard InChI is InChI=1S/C21H25N7O2S2/c1-6-27-19-10-8-16(32(29,30)26(4)5)12-17(19)22-20(27)13-31-21-23-24-25-28(21)18-9-7-14(2)11-15(18)3/h7-12H,6,13H2,1-5H3. The van der Waals surface area contributed by atoms with Gasteiger partial charge in [-0.3, -0.25) is 0 Å². The van der Waals surface area contributed by atoms with Gasteiger partial charge in [0.15, 0.2) is 0 Å². The monoisotopic (exact) mass is 471 g/mol. The highest BCUT2D eigenvalue weighted by Gasteiger charge is 2.20. The van der Waals surface area contributed by atoms with Crippen molar-refractivity contribution in [1.82, 2.24) is 34.1 Å². The van der Waals surface area contributed by atoms with Gasteiger partial charge in [0.2, 0.25) is 15.2 Å². The number of rotatable bonds is 7. The van der Waals surface area contributed by atoms with Crippen LogP contribution in [0.25, 0.3) is 16.7 Å². The van der Waals surface area contributed by atoms with Gasteiger partial charge in [-0.2, -0.15) is 4.68 Å². The molecule has 0 fully saturated rings. The second-order valence-corrected chi connectivity index (χ2v) is 10.8. The molecular weight excluding hydrogens is 446 g/mol. The van der Waals surface area contributed by atoms with Crippen LogP contribution in [0.5, 0.6) is 0 Å². The molecule has 0 aliphatic heterocycles. The molecule has 4 rings (SSSR count). The van der Waals surface area contributed by atoms with Gasteiger partial charge in [-0.25, -0.2) is 17.7 Å². The van der Waals surface area contributed by atoms with E-state index in [1.165, 1.54) is 35.7 Å². The van der Waals surface area contributed by atoms with E-state index in [9.17, 15) is 8.42 Å². The number of tetrazole rings is 1. The summed E-state index contributed by atoms with van der Waals surface area (Å²) in [4.78, 5) is 4.96. The number of hydrogen-bond acceptors (Lipinski definition) is 7. The molecule has 0 unspecified atom stereocenters. The van der Waals surface area contributed by atoms with Gasteiger partial charge in [-0.05, 0) is 61.0 Å². The molecular formula is C21H25N7O2S2. The molecule has 9 nitrogen and oxygen atoms in total. The second kappa shape index (κ2) is 8.64. The minimum Gasteiger partial charge on any atom is -0.328 e. The van der Waals surface area contributed by atoms with E-state index in [1.807, 2.05) is 32.0 Å². The molecule has 168 valence electrons. The number of sulfonamides is 1. The van der Waals surface area contributed by atoms with Crippen molar-refractivity contribution in [2.24, 2.45) is 0 Å². The van der Waals surface area contributed by atoms with E-state index in [-0.39, 0.29) is 4.90 Å². The number of imidazole rings is 1. The first-order valence-corrected chi connectivity index (χ1v) is 12.6. The fourth-order valence-electron chi connectivity index (χ4n) is 3.59. The lowest BCUT2D eigenvalue weighted by atomic mass is 10.1. The van der Waals surface area contributed by atoms with Crippen LogP contribution in [0.1, 0.15) is 23.9 Å². The largest absolute Gasteiger partial charge is 0.328 e. The average Bonchev–Trinajstić information content (AvgIpc) is 3.35. The Hall–Kier alpha value is -2.76. The molecule has 0 saturated heterocycles. The van der Waals surface area contributed by atoms with Crippen LogP contribution in [0.4, 0.5) is 0 Å². The van der Waals surface area contributed by atoms with Gasteiger partial charge < -0.3 is 4.57 Å². The Morgan fingerprint density at radius 3 is 2.56 bits per heavy atom. The zero-order valence-electron chi connectivity index (χ0n) is 18.6. The van der Waals surface area contributed by atoms with Gasteiger partial charge in [0.1, 0.15) is 5.82 Å². The molecule has 0 saturated carbocycles. The lowest BCUT2D eigenvalue weighted by Crippen LogP contribution is -2.22. The Kier molecular flexibility index (Phi) is 6.06. The number of aryl methyl sites for hydroxylation is 3. The van der Waals surface area contributed by atoms with Crippen LogP contribution in [-0.2, 0) is 22.3 Å². The fourth-order valence-corrected chi connectivity index (χ4v) is 5.34. The Morgan fingerprint density at radius 2 is 1.88 bits per heavy atom. The number of benzene rings is 2. The van der Waals surface area contributed by atoms with Crippen LogP contribution < -0.4 is 0 Å². The molecule has 0 aliphatic rings. The van der Waals surface area contributed by atoms with Crippen molar-refractivity contribution in [3.05, 3.63) is 53.3 Å². The third-order valence-electron chi connectivity index (χ3n) is 5.25. The van der Waals surface area contributed by atoms with Crippen LogP contribution in [-0.4, -0.2) is 56.6 Å². The molecule has 0 spiro atoms.